The minimum atomic E-state index is 0.375. The molecule has 4 aromatic rings. The van der Waals surface area contributed by atoms with Crippen LogP contribution >= 0.6 is 0 Å². The Hall–Kier alpha value is -4.26. The third-order valence-corrected chi connectivity index (χ3v) is 4.36. The van der Waals surface area contributed by atoms with Gasteiger partial charge in [0.25, 0.3) is 0 Å². The number of aryl methyl sites for hydroxylation is 2. The molecule has 0 aliphatic carbocycles. The molecule has 4 N–H and O–H groups in total. The summed E-state index contributed by atoms with van der Waals surface area (Å²) < 4.78 is 1.85. The van der Waals surface area contributed by atoms with Gasteiger partial charge in [-0.2, -0.15) is 5.26 Å². The van der Waals surface area contributed by atoms with Gasteiger partial charge in [0.2, 0.25) is 0 Å². The summed E-state index contributed by atoms with van der Waals surface area (Å²) in [5.74, 6) is 0.946. The fourth-order valence-corrected chi connectivity index (χ4v) is 2.90. The van der Waals surface area contributed by atoms with E-state index in [2.05, 4.69) is 30.6 Å². The molecule has 0 bridgehead atoms. The summed E-state index contributed by atoms with van der Waals surface area (Å²) in [6, 6.07) is 7.34. The Morgan fingerprint density at radius 2 is 2.00 bits per heavy atom. The lowest BCUT2D eigenvalue weighted by molar-refractivity contribution is 0.920. The number of hydrogen-bond acceptors (Lipinski definition) is 9. The van der Waals surface area contributed by atoms with Crippen LogP contribution in [0.3, 0.4) is 0 Å². The fraction of sp³-hybridized carbons (Fsp3) is 0.158. The Morgan fingerprint density at radius 1 is 1.14 bits per heavy atom. The summed E-state index contributed by atoms with van der Waals surface area (Å²) in [5.41, 5.74) is 10.9. The van der Waals surface area contributed by atoms with Gasteiger partial charge in [0, 0.05) is 13.1 Å². The molecule has 29 heavy (non-hydrogen) atoms. The topological polar surface area (TPSA) is 143 Å². The average Bonchev–Trinajstić information content (AvgIpc) is 3.08. The number of hydrogen-bond donors (Lipinski definition) is 3. The maximum Gasteiger partial charge on any atom is 0.162 e. The standard InChI is InChI=1S/C19H18N10/c1-11-3-12(6-20)22-8-15(11)23-7-13-4-14(18-19(27-13)29(2)10-26-18)28-17-5-16(21)24-9-25-17/h3-5,8-10,23H,7H2,1-2H3,(H3,21,24,25,27,28). The predicted octanol–water partition coefficient (Wildman–Crippen LogP) is 2.27. The van der Waals surface area contributed by atoms with Gasteiger partial charge in [0.05, 0.1) is 36.1 Å². The second-order valence-corrected chi connectivity index (χ2v) is 6.49. The summed E-state index contributed by atoms with van der Waals surface area (Å²) in [6.07, 6.45) is 4.76. The van der Waals surface area contributed by atoms with Crippen LogP contribution in [0.2, 0.25) is 0 Å². The third-order valence-electron chi connectivity index (χ3n) is 4.36. The molecular weight excluding hydrogens is 368 g/mol. The quantitative estimate of drug-likeness (QED) is 0.470. The first-order chi connectivity index (χ1) is 14.0. The van der Waals surface area contributed by atoms with Gasteiger partial charge in [-0.05, 0) is 24.6 Å². The lowest BCUT2D eigenvalue weighted by atomic mass is 10.2. The van der Waals surface area contributed by atoms with Crippen LogP contribution in [0.5, 0.6) is 0 Å². The van der Waals surface area contributed by atoms with E-state index in [1.165, 1.54) is 6.33 Å². The summed E-state index contributed by atoms with van der Waals surface area (Å²) in [6.45, 7) is 2.39. The Balaban J connectivity index is 1.64. The monoisotopic (exact) mass is 386 g/mol. The van der Waals surface area contributed by atoms with Crippen molar-refractivity contribution >= 4 is 34.2 Å². The van der Waals surface area contributed by atoms with Crippen LogP contribution in [0.25, 0.3) is 11.2 Å². The molecule has 0 unspecified atom stereocenters. The van der Waals surface area contributed by atoms with E-state index in [0.29, 0.717) is 23.9 Å². The number of pyridine rings is 2. The zero-order valence-corrected chi connectivity index (χ0v) is 15.9. The smallest absolute Gasteiger partial charge is 0.162 e. The van der Waals surface area contributed by atoms with Gasteiger partial charge >= 0.3 is 0 Å². The van der Waals surface area contributed by atoms with Gasteiger partial charge in [-0.3, -0.25) is 0 Å². The Bertz CT molecular complexity index is 1240. The number of nitriles is 1. The summed E-state index contributed by atoms with van der Waals surface area (Å²) in [4.78, 5) is 21.3. The molecule has 10 nitrogen and oxygen atoms in total. The van der Waals surface area contributed by atoms with E-state index in [0.717, 1.165) is 33.8 Å². The predicted molar refractivity (Wildman–Crippen MR) is 109 cm³/mol. The molecule has 0 spiro atoms. The average molecular weight is 386 g/mol. The third kappa shape index (κ3) is 3.74. The number of aromatic nitrogens is 6. The molecule has 0 atom stereocenters. The van der Waals surface area contributed by atoms with Crippen LogP contribution in [0.1, 0.15) is 17.0 Å². The Kier molecular flexibility index (Phi) is 4.62. The lowest BCUT2D eigenvalue weighted by Crippen LogP contribution is -2.06. The van der Waals surface area contributed by atoms with E-state index in [1.807, 2.05) is 30.7 Å². The van der Waals surface area contributed by atoms with E-state index in [1.54, 1.807) is 24.7 Å². The zero-order valence-electron chi connectivity index (χ0n) is 15.9. The van der Waals surface area contributed by atoms with Gasteiger partial charge in [-0.1, -0.05) is 0 Å². The van der Waals surface area contributed by atoms with E-state index in [-0.39, 0.29) is 0 Å². The van der Waals surface area contributed by atoms with Crippen molar-refractivity contribution in [2.75, 3.05) is 16.4 Å². The van der Waals surface area contributed by atoms with Crippen molar-refractivity contribution in [2.45, 2.75) is 13.5 Å². The number of rotatable bonds is 5. The number of nitrogens with two attached hydrogens (primary N) is 1. The first-order valence-corrected chi connectivity index (χ1v) is 8.79. The Morgan fingerprint density at radius 3 is 2.76 bits per heavy atom. The van der Waals surface area contributed by atoms with Crippen molar-refractivity contribution in [1.82, 2.24) is 29.5 Å². The van der Waals surface area contributed by atoms with Crippen LogP contribution in [-0.4, -0.2) is 29.5 Å². The lowest BCUT2D eigenvalue weighted by Gasteiger charge is -2.12. The molecule has 4 aromatic heterocycles. The fourth-order valence-electron chi connectivity index (χ4n) is 2.90. The SMILES string of the molecule is Cc1cc(C#N)ncc1NCc1cc(Nc2cc(N)ncn2)c2ncn(C)c2n1. The normalized spacial score (nSPS) is 10.7. The van der Waals surface area contributed by atoms with Gasteiger partial charge in [0.15, 0.2) is 5.65 Å². The highest BCUT2D eigenvalue weighted by molar-refractivity contribution is 5.88. The van der Waals surface area contributed by atoms with E-state index >= 15 is 0 Å². The molecule has 0 saturated carbocycles. The number of imidazole rings is 1. The van der Waals surface area contributed by atoms with Gasteiger partial charge in [-0.25, -0.2) is 24.9 Å². The first-order valence-electron chi connectivity index (χ1n) is 8.79. The molecule has 144 valence electrons. The Labute approximate surface area is 166 Å². The molecule has 4 rings (SSSR count). The summed E-state index contributed by atoms with van der Waals surface area (Å²) in [5, 5.41) is 15.5. The highest BCUT2D eigenvalue weighted by atomic mass is 15.1. The van der Waals surface area contributed by atoms with Crippen molar-refractivity contribution in [2.24, 2.45) is 7.05 Å². The van der Waals surface area contributed by atoms with Gasteiger partial charge in [0.1, 0.15) is 35.2 Å². The van der Waals surface area contributed by atoms with Gasteiger partial charge in [-0.15, -0.1) is 0 Å². The second kappa shape index (κ2) is 7.40. The summed E-state index contributed by atoms with van der Waals surface area (Å²) in [7, 11) is 1.89. The number of nitrogens with one attached hydrogen (secondary N) is 2. The maximum atomic E-state index is 8.96. The van der Waals surface area contributed by atoms with E-state index < -0.39 is 0 Å². The maximum absolute atomic E-state index is 8.96. The molecule has 0 aliphatic heterocycles. The molecule has 10 heteroatoms. The number of anilines is 4. The molecule has 0 radical (unpaired) electrons. The van der Waals surface area contributed by atoms with Crippen LogP contribution in [0, 0.1) is 18.3 Å². The highest BCUT2D eigenvalue weighted by Gasteiger charge is 2.12. The van der Waals surface area contributed by atoms with Crippen molar-refractivity contribution in [3.05, 3.63) is 54.0 Å². The van der Waals surface area contributed by atoms with Crippen LogP contribution in [-0.2, 0) is 13.6 Å². The molecule has 0 saturated heterocycles. The molecule has 0 aliphatic rings. The number of nitrogens with zero attached hydrogens (tertiary/aromatic N) is 7. The molecule has 4 heterocycles. The van der Waals surface area contributed by atoms with Gasteiger partial charge < -0.3 is 20.9 Å². The minimum absolute atomic E-state index is 0.375. The zero-order chi connectivity index (χ0) is 20.4. The van der Waals surface area contributed by atoms with Crippen molar-refractivity contribution < 1.29 is 0 Å². The molecular formula is C19H18N10. The van der Waals surface area contributed by atoms with E-state index in [4.69, 9.17) is 16.0 Å². The van der Waals surface area contributed by atoms with Crippen molar-refractivity contribution in [3.63, 3.8) is 0 Å². The largest absolute Gasteiger partial charge is 0.384 e. The van der Waals surface area contributed by atoms with Crippen molar-refractivity contribution in [1.29, 1.82) is 5.26 Å². The first kappa shape index (κ1) is 18.1. The number of fused-ring (bicyclic) bond motifs is 1. The van der Waals surface area contributed by atoms with Crippen molar-refractivity contribution in [3.8, 4) is 6.07 Å². The van der Waals surface area contributed by atoms with Crippen LogP contribution < -0.4 is 16.4 Å². The highest BCUT2D eigenvalue weighted by Crippen LogP contribution is 2.25. The van der Waals surface area contributed by atoms with Crippen LogP contribution in [0.4, 0.5) is 23.0 Å². The molecule has 0 amide bonds. The molecule has 0 fully saturated rings. The van der Waals surface area contributed by atoms with Crippen LogP contribution in [0.15, 0.2) is 37.1 Å². The number of nitrogen functional groups attached to an aromatic ring is 1. The van der Waals surface area contributed by atoms with E-state index in [9.17, 15) is 0 Å². The summed E-state index contributed by atoms with van der Waals surface area (Å²) >= 11 is 0. The minimum Gasteiger partial charge on any atom is -0.384 e. The molecule has 0 aromatic carbocycles. The second-order valence-electron chi connectivity index (χ2n) is 6.49.